The van der Waals surface area contributed by atoms with Gasteiger partial charge in [-0.1, -0.05) is 30.3 Å². The zero-order chi connectivity index (χ0) is 20.1. The van der Waals surface area contributed by atoms with Crippen molar-refractivity contribution in [2.75, 3.05) is 26.3 Å². The van der Waals surface area contributed by atoms with E-state index in [1.807, 2.05) is 25.1 Å². The minimum atomic E-state index is -0.183. The van der Waals surface area contributed by atoms with E-state index in [1.54, 1.807) is 0 Å². The predicted octanol–water partition coefficient (Wildman–Crippen LogP) is 3.61. The molecule has 0 radical (unpaired) electrons. The quantitative estimate of drug-likeness (QED) is 0.784. The van der Waals surface area contributed by atoms with Gasteiger partial charge in [-0.25, -0.2) is 4.79 Å². The van der Waals surface area contributed by atoms with E-state index in [9.17, 15) is 4.79 Å². The van der Waals surface area contributed by atoms with Crippen LogP contribution in [0.3, 0.4) is 0 Å². The maximum Gasteiger partial charge on any atom is 0.315 e. The SMILES string of the molecule is C[C@@H](NC(=O)NCc1cccc(CN2CCCC2)c1)c1ccc2c(c1)OCCO2. The number of ether oxygens (including phenoxy) is 2. The van der Waals surface area contributed by atoms with Crippen LogP contribution < -0.4 is 20.1 Å². The summed E-state index contributed by atoms with van der Waals surface area (Å²) in [5.74, 6) is 1.49. The Morgan fingerprint density at radius 3 is 2.62 bits per heavy atom. The molecule has 0 aromatic heterocycles. The summed E-state index contributed by atoms with van der Waals surface area (Å²) >= 11 is 0. The second-order valence-corrected chi connectivity index (χ2v) is 7.76. The fraction of sp³-hybridized carbons (Fsp3) is 0.435. The van der Waals surface area contributed by atoms with Crippen molar-refractivity contribution < 1.29 is 14.3 Å². The van der Waals surface area contributed by atoms with Crippen molar-refractivity contribution in [3.63, 3.8) is 0 Å². The highest BCUT2D eigenvalue weighted by Gasteiger charge is 2.16. The van der Waals surface area contributed by atoms with E-state index in [2.05, 4.69) is 39.8 Å². The van der Waals surface area contributed by atoms with Gasteiger partial charge in [0, 0.05) is 13.1 Å². The number of urea groups is 1. The normalized spacial score (nSPS) is 17.0. The largest absolute Gasteiger partial charge is 0.486 e. The molecule has 29 heavy (non-hydrogen) atoms. The minimum Gasteiger partial charge on any atom is -0.486 e. The summed E-state index contributed by atoms with van der Waals surface area (Å²) in [5.41, 5.74) is 3.40. The van der Waals surface area contributed by atoms with Gasteiger partial charge in [-0.05, 0) is 61.7 Å². The summed E-state index contributed by atoms with van der Waals surface area (Å²) < 4.78 is 11.2. The molecular formula is C23H29N3O3. The third-order valence-electron chi connectivity index (χ3n) is 5.46. The summed E-state index contributed by atoms with van der Waals surface area (Å²) in [6, 6.07) is 13.9. The first kappa shape index (κ1) is 19.6. The number of likely N-dealkylation sites (tertiary alicyclic amines) is 1. The molecule has 2 N–H and O–H groups in total. The van der Waals surface area contributed by atoms with Crippen LogP contribution in [-0.2, 0) is 13.1 Å². The molecule has 0 saturated carbocycles. The lowest BCUT2D eigenvalue weighted by atomic mass is 10.1. The number of carbonyl (C=O) groups is 1. The van der Waals surface area contributed by atoms with Crippen LogP contribution in [-0.4, -0.2) is 37.2 Å². The van der Waals surface area contributed by atoms with Crippen LogP contribution in [0.5, 0.6) is 11.5 Å². The summed E-state index contributed by atoms with van der Waals surface area (Å²) in [7, 11) is 0. The maximum atomic E-state index is 12.4. The van der Waals surface area contributed by atoms with Crippen LogP contribution in [0, 0.1) is 0 Å². The van der Waals surface area contributed by atoms with E-state index in [0.717, 1.165) is 29.2 Å². The van der Waals surface area contributed by atoms with Gasteiger partial charge in [0.25, 0.3) is 0 Å². The summed E-state index contributed by atoms with van der Waals surface area (Å²) in [4.78, 5) is 14.8. The number of carbonyl (C=O) groups excluding carboxylic acids is 1. The van der Waals surface area contributed by atoms with Crippen molar-refractivity contribution >= 4 is 6.03 Å². The molecule has 0 aliphatic carbocycles. The van der Waals surface area contributed by atoms with Crippen LogP contribution in [0.1, 0.15) is 42.5 Å². The van der Waals surface area contributed by atoms with E-state index in [0.29, 0.717) is 19.8 Å². The van der Waals surface area contributed by atoms with Gasteiger partial charge in [0.1, 0.15) is 13.2 Å². The molecule has 154 valence electrons. The van der Waals surface area contributed by atoms with Crippen molar-refractivity contribution in [3.8, 4) is 11.5 Å². The highest BCUT2D eigenvalue weighted by molar-refractivity contribution is 5.74. The molecule has 1 saturated heterocycles. The molecule has 2 aromatic rings. The number of nitrogens with zero attached hydrogens (tertiary/aromatic N) is 1. The monoisotopic (exact) mass is 395 g/mol. The molecule has 2 aliphatic heterocycles. The zero-order valence-electron chi connectivity index (χ0n) is 16.9. The van der Waals surface area contributed by atoms with Gasteiger partial charge in [-0.15, -0.1) is 0 Å². The molecule has 2 aromatic carbocycles. The lowest BCUT2D eigenvalue weighted by molar-refractivity contribution is 0.171. The number of nitrogens with one attached hydrogen (secondary N) is 2. The second kappa shape index (κ2) is 9.18. The first-order valence-corrected chi connectivity index (χ1v) is 10.4. The van der Waals surface area contributed by atoms with Crippen LogP contribution in [0.4, 0.5) is 4.79 Å². The summed E-state index contributed by atoms with van der Waals surface area (Å²) in [6.45, 7) is 6.94. The van der Waals surface area contributed by atoms with Gasteiger partial charge in [-0.3, -0.25) is 4.90 Å². The molecule has 2 aliphatic rings. The van der Waals surface area contributed by atoms with Crippen molar-refractivity contribution in [2.45, 2.75) is 38.9 Å². The van der Waals surface area contributed by atoms with Crippen LogP contribution >= 0.6 is 0 Å². The molecule has 6 nitrogen and oxygen atoms in total. The van der Waals surface area contributed by atoms with Crippen molar-refractivity contribution in [1.29, 1.82) is 0 Å². The average Bonchev–Trinajstić information content (AvgIpc) is 3.25. The van der Waals surface area contributed by atoms with Gasteiger partial charge in [0.2, 0.25) is 0 Å². The highest BCUT2D eigenvalue weighted by Crippen LogP contribution is 2.32. The topological polar surface area (TPSA) is 62.8 Å². The van der Waals surface area contributed by atoms with Gasteiger partial charge in [0.15, 0.2) is 11.5 Å². The summed E-state index contributed by atoms with van der Waals surface area (Å²) in [6.07, 6.45) is 2.59. The first-order valence-electron chi connectivity index (χ1n) is 10.4. The zero-order valence-corrected chi connectivity index (χ0v) is 16.9. The second-order valence-electron chi connectivity index (χ2n) is 7.76. The van der Waals surface area contributed by atoms with E-state index in [4.69, 9.17) is 9.47 Å². The van der Waals surface area contributed by atoms with Gasteiger partial charge >= 0.3 is 6.03 Å². The predicted molar refractivity (Wildman–Crippen MR) is 112 cm³/mol. The smallest absolute Gasteiger partial charge is 0.315 e. The molecule has 0 bridgehead atoms. The third kappa shape index (κ3) is 5.21. The number of fused-ring (bicyclic) bond motifs is 1. The fourth-order valence-corrected chi connectivity index (χ4v) is 3.88. The number of rotatable bonds is 6. The lowest BCUT2D eigenvalue weighted by Crippen LogP contribution is -2.36. The maximum absolute atomic E-state index is 12.4. The van der Waals surface area contributed by atoms with Gasteiger partial charge in [0.05, 0.1) is 6.04 Å². The van der Waals surface area contributed by atoms with Crippen LogP contribution in [0.15, 0.2) is 42.5 Å². The number of hydrogen-bond acceptors (Lipinski definition) is 4. The Labute approximate surface area is 172 Å². The molecular weight excluding hydrogens is 366 g/mol. The standard InChI is InChI=1S/C23H29N3O3/c1-17(20-7-8-21-22(14-20)29-12-11-28-21)25-23(27)24-15-18-5-4-6-19(13-18)16-26-9-2-3-10-26/h4-8,13-14,17H,2-3,9-12,15-16H2,1H3,(H2,24,25,27)/t17-/m1/s1. The summed E-state index contributed by atoms with van der Waals surface area (Å²) in [5, 5.41) is 5.96. The molecule has 0 unspecified atom stereocenters. The van der Waals surface area contributed by atoms with Crippen molar-refractivity contribution in [1.82, 2.24) is 15.5 Å². The van der Waals surface area contributed by atoms with Gasteiger partial charge in [-0.2, -0.15) is 0 Å². The average molecular weight is 396 g/mol. The van der Waals surface area contributed by atoms with E-state index >= 15 is 0 Å². The first-order chi connectivity index (χ1) is 14.2. The molecule has 4 rings (SSSR count). The Morgan fingerprint density at radius 1 is 1.03 bits per heavy atom. The van der Waals surface area contributed by atoms with E-state index < -0.39 is 0 Å². The lowest BCUT2D eigenvalue weighted by Gasteiger charge is -2.21. The van der Waals surface area contributed by atoms with Crippen molar-refractivity contribution in [2.24, 2.45) is 0 Å². The Kier molecular flexibility index (Phi) is 6.20. The number of hydrogen-bond donors (Lipinski definition) is 2. The minimum absolute atomic E-state index is 0.132. The van der Waals surface area contributed by atoms with Gasteiger partial charge < -0.3 is 20.1 Å². The number of amides is 2. The Morgan fingerprint density at radius 2 is 1.79 bits per heavy atom. The molecule has 2 heterocycles. The van der Waals surface area contributed by atoms with Crippen molar-refractivity contribution in [3.05, 3.63) is 59.2 Å². The third-order valence-corrected chi connectivity index (χ3v) is 5.46. The van der Waals surface area contributed by atoms with E-state index in [1.165, 1.54) is 31.5 Å². The molecule has 2 amide bonds. The Hall–Kier alpha value is -2.73. The van der Waals surface area contributed by atoms with Crippen LogP contribution in [0.25, 0.3) is 0 Å². The molecule has 1 fully saturated rings. The molecule has 6 heteroatoms. The van der Waals surface area contributed by atoms with Crippen LogP contribution in [0.2, 0.25) is 0 Å². The Bertz CT molecular complexity index is 849. The highest BCUT2D eigenvalue weighted by atomic mass is 16.6. The molecule has 1 atom stereocenters. The fourth-order valence-electron chi connectivity index (χ4n) is 3.88. The molecule has 0 spiro atoms. The van der Waals surface area contributed by atoms with E-state index in [-0.39, 0.29) is 12.1 Å². The Balaban J connectivity index is 1.28. The number of benzene rings is 2.